The van der Waals surface area contributed by atoms with Gasteiger partial charge >= 0.3 is 0 Å². The summed E-state index contributed by atoms with van der Waals surface area (Å²) in [6, 6.07) is 9.59. The van der Waals surface area contributed by atoms with E-state index in [1.165, 1.54) is 0 Å². The lowest BCUT2D eigenvalue weighted by atomic mass is 10.2. The summed E-state index contributed by atoms with van der Waals surface area (Å²) in [5, 5.41) is 1.51. The van der Waals surface area contributed by atoms with E-state index in [1.54, 1.807) is 6.08 Å². The molecule has 23 heavy (non-hydrogen) atoms. The summed E-state index contributed by atoms with van der Waals surface area (Å²) in [5.74, 6) is 0.706. The van der Waals surface area contributed by atoms with Crippen molar-refractivity contribution in [3.8, 4) is 0 Å². The van der Waals surface area contributed by atoms with Crippen LogP contribution in [0.4, 0.5) is 0 Å². The number of H-pyrrole nitrogens is 1. The largest absolute Gasteiger partial charge is 0.310 e. The van der Waals surface area contributed by atoms with Crippen LogP contribution in [0.5, 0.6) is 0 Å². The SMILES string of the molecule is C=CC.CC.CCCc1nc2nc3ccccc3cc2c(=O)[nH]1. The predicted octanol–water partition coefficient (Wildman–Crippen LogP) is 4.64. The summed E-state index contributed by atoms with van der Waals surface area (Å²) in [7, 11) is 0. The van der Waals surface area contributed by atoms with E-state index in [1.807, 2.05) is 51.1 Å². The monoisotopic (exact) mass is 311 g/mol. The Balaban J connectivity index is 0.000000477. The van der Waals surface area contributed by atoms with E-state index in [0.717, 1.165) is 23.7 Å². The second-order valence-corrected chi connectivity index (χ2v) is 4.72. The van der Waals surface area contributed by atoms with Gasteiger partial charge in [-0.25, -0.2) is 9.97 Å². The maximum absolute atomic E-state index is 12.0. The highest BCUT2D eigenvalue weighted by atomic mass is 16.1. The van der Waals surface area contributed by atoms with Gasteiger partial charge in [-0.05, 0) is 25.5 Å². The topological polar surface area (TPSA) is 58.6 Å². The highest BCUT2D eigenvalue weighted by Crippen LogP contribution is 2.15. The van der Waals surface area contributed by atoms with Crippen molar-refractivity contribution in [1.82, 2.24) is 15.0 Å². The minimum absolute atomic E-state index is 0.110. The lowest BCUT2D eigenvalue weighted by Crippen LogP contribution is -2.12. The molecule has 0 amide bonds. The fourth-order valence-electron chi connectivity index (χ4n) is 2.07. The van der Waals surface area contributed by atoms with Gasteiger partial charge in [-0.3, -0.25) is 4.79 Å². The lowest BCUT2D eigenvalue weighted by molar-refractivity contribution is 0.834. The quantitative estimate of drug-likeness (QED) is 0.554. The van der Waals surface area contributed by atoms with E-state index in [4.69, 9.17) is 0 Å². The first-order valence-corrected chi connectivity index (χ1v) is 8.05. The normalized spacial score (nSPS) is 9.57. The van der Waals surface area contributed by atoms with Crippen LogP contribution in [-0.4, -0.2) is 15.0 Å². The highest BCUT2D eigenvalue weighted by Gasteiger charge is 2.06. The van der Waals surface area contributed by atoms with Crippen LogP contribution < -0.4 is 5.56 Å². The molecule has 122 valence electrons. The first-order chi connectivity index (χ1) is 11.2. The van der Waals surface area contributed by atoms with Crippen molar-refractivity contribution >= 4 is 21.9 Å². The summed E-state index contributed by atoms with van der Waals surface area (Å²) in [6.45, 7) is 11.3. The van der Waals surface area contributed by atoms with Crippen molar-refractivity contribution in [2.45, 2.75) is 40.5 Å². The number of fused-ring (bicyclic) bond motifs is 2. The minimum Gasteiger partial charge on any atom is -0.310 e. The molecule has 4 nitrogen and oxygen atoms in total. The van der Waals surface area contributed by atoms with Crippen LogP contribution in [-0.2, 0) is 6.42 Å². The Morgan fingerprint density at radius 3 is 2.52 bits per heavy atom. The molecule has 0 spiro atoms. The molecule has 3 rings (SSSR count). The third-order valence-corrected chi connectivity index (χ3v) is 2.93. The number of hydrogen-bond acceptors (Lipinski definition) is 3. The molecule has 0 fully saturated rings. The molecule has 0 aliphatic rings. The number of hydrogen-bond donors (Lipinski definition) is 1. The van der Waals surface area contributed by atoms with Crippen LogP contribution in [0.25, 0.3) is 21.9 Å². The maximum atomic E-state index is 12.0. The van der Waals surface area contributed by atoms with Gasteiger partial charge in [0.1, 0.15) is 5.82 Å². The first-order valence-electron chi connectivity index (χ1n) is 8.05. The molecule has 4 heteroatoms. The van der Waals surface area contributed by atoms with Gasteiger partial charge in [0.05, 0.1) is 10.9 Å². The predicted molar refractivity (Wildman–Crippen MR) is 98.9 cm³/mol. The second kappa shape index (κ2) is 9.51. The molecule has 1 N–H and O–H groups in total. The fraction of sp³-hybridized carbons (Fsp3) is 0.316. The summed E-state index contributed by atoms with van der Waals surface area (Å²) in [4.78, 5) is 23.7. The third kappa shape index (κ3) is 4.74. The lowest BCUT2D eigenvalue weighted by Gasteiger charge is -2.02. The number of pyridine rings is 1. The van der Waals surface area contributed by atoms with Crippen LogP contribution in [0.15, 0.2) is 47.8 Å². The highest BCUT2D eigenvalue weighted by molar-refractivity contribution is 5.90. The van der Waals surface area contributed by atoms with Gasteiger partial charge in [-0.15, -0.1) is 6.58 Å². The van der Waals surface area contributed by atoms with Crippen molar-refractivity contribution in [1.29, 1.82) is 0 Å². The second-order valence-electron chi connectivity index (χ2n) is 4.72. The Hall–Kier alpha value is -2.49. The summed E-state index contributed by atoms with van der Waals surface area (Å²) in [6.07, 6.45) is 3.46. The molecule has 1 aromatic carbocycles. The molecule has 0 saturated heterocycles. The molecule has 3 aromatic rings. The Bertz CT molecular complexity index is 822. The Labute approximate surface area is 137 Å². The Morgan fingerprint density at radius 2 is 1.87 bits per heavy atom. The van der Waals surface area contributed by atoms with Gasteiger partial charge in [-0.1, -0.05) is 45.0 Å². The molecule has 0 atom stereocenters. The minimum atomic E-state index is -0.110. The molecule has 0 saturated carbocycles. The zero-order valence-electron chi connectivity index (χ0n) is 14.4. The van der Waals surface area contributed by atoms with Crippen LogP contribution in [0.2, 0.25) is 0 Å². The number of benzene rings is 1. The third-order valence-electron chi connectivity index (χ3n) is 2.93. The van der Waals surface area contributed by atoms with Crippen molar-refractivity contribution in [3.05, 3.63) is 59.2 Å². The van der Waals surface area contributed by atoms with Gasteiger partial charge in [0.15, 0.2) is 5.65 Å². The van der Waals surface area contributed by atoms with Crippen LogP contribution in [0.3, 0.4) is 0 Å². The van der Waals surface area contributed by atoms with E-state index < -0.39 is 0 Å². The average Bonchev–Trinajstić information content (AvgIpc) is 2.56. The number of rotatable bonds is 2. The van der Waals surface area contributed by atoms with Crippen LogP contribution in [0, 0.1) is 0 Å². The summed E-state index contributed by atoms with van der Waals surface area (Å²) >= 11 is 0. The van der Waals surface area contributed by atoms with Gasteiger partial charge in [0, 0.05) is 11.8 Å². The van der Waals surface area contributed by atoms with E-state index in [2.05, 4.69) is 28.5 Å². The number of nitrogens with one attached hydrogen (secondary N) is 1. The number of aromatic nitrogens is 3. The molecular weight excluding hydrogens is 286 g/mol. The standard InChI is InChI=1S/C14H13N3O.C3H6.C2H6/c1-2-5-12-16-13-10(14(18)17-12)8-9-6-3-4-7-11(9)15-13;1-3-2;1-2/h3-4,6-8H,2,5H2,1H3,(H,15,16,17,18);3H,1H2,2H3;1-2H3. The maximum Gasteiger partial charge on any atom is 0.260 e. The van der Waals surface area contributed by atoms with Crippen LogP contribution >= 0.6 is 0 Å². The zero-order valence-corrected chi connectivity index (χ0v) is 14.4. The molecular formula is C19H25N3O. The number of para-hydroxylation sites is 1. The van der Waals surface area contributed by atoms with Crippen molar-refractivity contribution in [2.75, 3.05) is 0 Å². The van der Waals surface area contributed by atoms with Gasteiger partial charge < -0.3 is 4.98 Å². The van der Waals surface area contributed by atoms with Crippen LogP contribution in [0.1, 0.15) is 39.9 Å². The average molecular weight is 311 g/mol. The van der Waals surface area contributed by atoms with Gasteiger partial charge in [-0.2, -0.15) is 0 Å². The van der Waals surface area contributed by atoms with Crippen molar-refractivity contribution in [2.24, 2.45) is 0 Å². The van der Waals surface area contributed by atoms with Gasteiger partial charge in [0.2, 0.25) is 0 Å². The smallest absolute Gasteiger partial charge is 0.260 e. The molecule has 0 radical (unpaired) electrons. The van der Waals surface area contributed by atoms with Crippen molar-refractivity contribution in [3.63, 3.8) is 0 Å². The van der Waals surface area contributed by atoms with E-state index in [0.29, 0.717) is 16.9 Å². The summed E-state index contributed by atoms with van der Waals surface area (Å²) < 4.78 is 0. The molecule has 0 unspecified atom stereocenters. The molecule has 0 aliphatic heterocycles. The number of aromatic amines is 1. The number of aryl methyl sites for hydroxylation is 1. The zero-order chi connectivity index (χ0) is 17.2. The number of nitrogens with zero attached hydrogens (tertiary/aromatic N) is 2. The fourth-order valence-corrected chi connectivity index (χ4v) is 2.07. The van der Waals surface area contributed by atoms with Gasteiger partial charge in [0.25, 0.3) is 5.56 Å². The molecule has 0 aliphatic carbocycles. The first kappa shape index (κ1) is 18.6. The molecule has 2 heterocycles. The number of allylic oxidation sites excluding steroid dienone is 1. The van der Waals surface area contributed by atoms with E-state index >= 15 is 0 Å². The molecule has 2 aromatic heterocycles. The Morgan fingerprint density at radius 1 is 1.22 bits per heavy atom. The van der Waals surface area contributed by atoms with E-state index in [-0.39, 0.29) is 5.56 Å². The van der Waals surface area contributed by atoms with E-state index in [9.17, 15) is 4.79 Å². The molecule has 0 bridgehead atoms. The summed E-state index contributed by atoms with van der Waals surface area (Å²) in [5.41, 5.74) is 1.29. The van der Waals surface area contributed by atoms with Crippen molar-refractivity contribution < 1.29 is 0 Å². The Kier molecular flexibility index (Phi) is 7.67.